The van der Waals surface area contributed by atoms with Gasteiger partial charge in [0.15, 0.2) is 22.7 Å². The first-order valence-corrected chi connectivity index (χ1v) is 11.2. The van der Waals surface area contributed by atoms with Crippen molar-refractivity contribution in [1.82, 2.24) is 10.9 Å². The summed E-state index contributed by atoms with van der Waals surface area (Å²) in [5.41, 5.74) is 5.77. The number of halogens is 1. The third-order valence-corrected chi connectivity index (χ3v) is 6.42. The Hall–Kier alpha value is -3.28. The molecule has 0 spiro atoms. The number of anilines is 1. The number of nitrogens with one attached hydrogen (secondary N) is 3. The highest BCUT2D eigenvalue weighted by Crippen LogP contribution is 2.37. The fraction of sp³-hybridized carbons (Fsp3) is 0.190. The molecule has 0 saturated heterocycles. The number of carbonyl (C=O) groups is 2. The van der Waals surface area contributed by atoms with Gasteiger partial charge in [-0.15, -0.1) is 11.3 Å². The molecule has 3 aromatic rings. The van der Waals surface area contributed by atoms with E-state index in [1.165, 1.54) is 18.4 Å². The molecular weight excluding hydrogens is 490 g/mol. The Morgan fingerprint density at radius 1 is 1.15 bits per heavy atom. The molecule has 9 nitrogen and oxygen atoms in total. The molecule has 1 aromatic heterocycles. The van der Waals surface area contributed by atoms with Crippen LogP contribution in [0.5, 0.6) is 17.2 Å². The second-order valence-corrected chi connectivity index (χ2v) is 8.63. The van der Waals surface area contributed by atoms with Crippen LogP contribution in [0.15, 0.2) is 36.4 Å². The molecule has 2 heterocycles. The van der Waals surface area contributed by atoms with Gasteiger partial charge in [0.25, 0.3) is 5.91 Å². The number of ether oxygens (including phenoxy) is 4. The van der Waals surface area contributed by atoms with Crippen LogP contribution in [0.3, 0.4) is 0 Å². The van der Waals surface area contributed by atoms with Gasteiger partial charge in [-0.2, -0.15) is 0 Å². The molecule has 1 aliphatic heterocycles. The minimum Gasteiger partial charge on any atom is -0.481 e. The summed E-state index contributed by atoms with van der Waals surface area (Å²) in [7, 11) is 1.30. The van der Waals surface area contributed by atoms with Crippen LogP contribution in [0.4, 0.5) is 5.69 Å². The van der Waals surface area contributed by atoms with E-state index in [9.17, 15) is 9.59 Å². The Kier molecular flexibility index (Phi) is 6.72. The standard InChI is InChI=1S/C21H18ClN3O6S2/c1-10(31-12-4-6-14-15(8-12)30-9-29-14)19(26)24-25-21(32)23-11-3-5-13-16(7-11)33-18(17(13)22)20(27)28-2/h3-8,10H,9H2,1-2H3,(H,24,26)(H2,23,25,32)/t10-/m0/s1. The molecule has 12 heteroatoms. The molecule has 33 heavy (non-hydrogen) atoms. The SMILES string of the molecule is COC(=O)c1sc2cc(NC(=S)NNC(=O)[C@H](C)Oc3ccc4c(c3)OCO4)ccc2c1Cl. The topological polar surface area (TPSA) is 107 Å². The lowest BCUT2D eigenvalue weighted by Crippen LogP contribution is -2.48. The van der Waals surface area contributed by atoms with Gasteiger partial charge in [0.1, 0.15) is 10.6 Å². The highest BCUT2D eigenvalue weighted by atomic mass is 35.5. The van der Waals surface area contributed by atoms with Crippen LogP contribution in [0.1, 0.15) is 16.6 Å². The molecule has 1 amide bonds. The molecule has 4 rings (SSSR count). The Morgan fingerprint density at radius 3 is 2.73 bits per heavy atom. The maximum absolute atomic E-state index is 12.3. The van der Waals surface area contributed by atoms with Gasteiger partial charge >= 0.3 is 5.97 Å². The molecule has 0 fully saturated rings. The van der Waals surface area contributed by atoms with E-state index in [0.29, 0.717) is 32.8 Å². The van der Waals surface area contributed by atoms with E-state index in [0.717, 1.165) is 10.1 Å². The lowest BCUT2D eigenvalue weighted by Gasteiger charge is -2.16. The van der Waals surface area contributed by atoms with Crippen molar-refractivity contribution in [3.8, 4) is 17.2 Å². The fourth-order valence-corrected chi connectivity index (χ4v) is 4.59. The van der Waals surface area contributed by atoms with Crippen molar-refractivity contribution in [3.05, 3.63) is 46.3 Å². The highest BCUT2D eigenvalue weighted by molar-refractivity contribution is 7.80. The van der Waals surface area contributed by atoms with Crippen molar-refractivity contribution in [1.29, 1.82) is 0 Å². The molecular formula is C21H18ClN3O6S2. The zero-order chi connectivity index (χ0) is 23.5. The smallest absolute Gasteiger partial charge is 0.349 e. The molecule has 1 atom stereocenters. The van der Waals surface area contributed by atoms with E-state index < -0.39 is 18.0 Å². The zero-order valence-electron chi connectivity index (χ0n) is 17.4. The number of hydrogen-bond donors (Lipinski definition) is 3. The maximum atomic E-state index is 12.3. The number of esters is 1. The number of thiocarbonyl (C=S) groups is 1. The first-order chi connectivity index (χ1) is 15.9. The van der Waals surface area contributed by atoms with Gasteiger partial charge < -0.3 is 24.3 Å². The van der Waals surface area contributed by atoms with Gasteiger partial charge in [-0.25, -0.2) is 4.79 Å². The van der Waals surface area contributed by atoms with Gasteiger partial charge in [-0.1, -0.05) is 11.6 Å². The summed E-state index contributed by atoms with van der Waals surface area (Å²) in [6.07, 6.45) is -0.804. The largest absolute Gasteiger partial charge is 0.481 e. The normalized spacial score (nSPS) is 12.7. The van der Waals surface area contributed by atoms with Crippen LogP contribution >= 0.6 is 35.2 Å². The Morgan fingerprint density at radius 2 is 1.94 bits per heavy atom. The van der Waals surface area contributed by atoms with E-state index in [-0.39, 0.29) is 11.9 Å². The van der Waals surface area contributed by atoms with Crippen molar-refractivity contribution in [2.75, 3.05) is 19.2 Å². The highest BCUT2D eigenvalue weighted by Gasteiger charge is 2.19. The first kappa shape index (κ1) is 22.9. The van der Waals surface area contributed by atoms with Crippen molar-refractivity contribution in [2.45, 2.75) is 13.0 Å². The van der Waals surface area contributed by atoms with E-state index in [4.69, 9.17) is 42.8 Å². The minimum absolute atomic E-state index is 0.155. The maximum Gasteiger partial charge on any atom is 0.349 e. The summed E-state index contributed by atoms with van der Waals surface area (Å²) in [6.45, 7) is 1.76. The number of hydrazine groups is 1. The summed E-state index contributed by atoms with van der Waals surface area (Å²) in [5.74, 6) is 0.734. The van der Waals surface area contributed by atoms with Crippen LogP contribution in [-0.4, -0.2) is 37.0 Å². The molecule has 0 aliphatic carbocycles. The second-order valence-electron chi connectivity index (χ2n) is 6.79. The average Bonchev–Trinajstić information content (AvgIpc) is 3.40. The van der Waals surface area contributed by atoms with E-state index >= 15 is 0 Å². The van der Waals surface area contributed by atoms with Crippen LogP contribution in [0, 0.1) is 0 Å². The first-order valence-electron chi connectivity index (χ1n) is 9.59. The lowest BCUT2D eigenvalue weighted by molar-refractivity contribution is -0.127. The van der Waals surface area contributed by atoms with Crippen molar-refractivity contribution >= 4 is 67.9 Å². The Labute approximate surface area is 202 Å². The number of methoxy groups -OCH3 is 1. The van der Waals surface area contributed by atoms with Gasteiger partial charge in [0.05, 0.1) is 12.1 Å². The molecule has 1 aliphatic rings. The summed E-state index contributed by atoms with van der Waals surface area (Å²) in [4.78, 5) is 24.5. The van der Waals surface area contributed by atoms with E-state index in [2.05, 4.69) is 16.2 Å². The number of benzene rings is 2. The minimum atomic E-state index is -0.804. The van der Waals surface area contributed by atoms with E-state index in [1.54, 1.807) is 43.3 Å². The molecule has 2 aromatic carbocycles. The number of fused-ring (bicyclic) bond motifs is 2. The van der Waals surface area contributed by atoms with Gasteiger partial charge in [0.2, 0.25) is 6.79 Å². The third kappa shape index (κ3) is 5.05. The summed E-state index contributed by atoms with van der Waals surface area (Å²) < 4.78 is 21.7. The second kappa shape index (κ2) is 9.69. The quantitative estimate of drug-likeness (QED) is 0.269. The Bertz CT molecular complexity index is 1250. The molecule has 0 saturated carbocycles. The molecule has 3 N–H and O–H groups in total. The number of carbonyl (C=O) groups excluding carboxylic acids is 2. The number of rotatable bonds is 5. The van der Waals surface area contributed by atoms with Crippen LogP contribution < -0.4 is 30.4 Å². The Balaban J connectivity index is 1.31. The monoisotopic (exact) mass is 507 g/mol. The van der Waals surface area contributed by atoms with Crippen molar-refractivity contribution < 1.29 is 28.5 Å². The van der Waals surface area contributed by atoms with Crippen LogP contribution in [0.25, 0.3) is 10.1 Å². The van der Waals surface area contributed by atoms with Crippen LogP contribution in [-0.2, 0) is 9.53 Å². The summed E-state index contributed by atoms with van der Waals surface area (Å²) >= 11 is 12.7. The summed E-state index contributed by atoms with van der Waals surface area (Å²) in [6, 6.07) is 10.4. The van der Waals surface area contributed by atoms with Gasteiger partial charge in [-0.05, 0) is 49.5 Å². The van der Waals surface area contributed by atoms with Gasteiger partial charge in [-0.3, -0.25) is 15.6 Å². The predicted molar refractivity (Wildman–Crippen MR) is 128 cm³/mol. The average molecular weight is 508 g/mol. The fourth-order valence-electron chi connectivity index (χ4n) is 2.96. The lowest BCUT2D eigenvalue weighted by atomic mass is 10.2. The van der Waals surface area contributed by atoms with E-state index in [1.807, 2.05) is 0 Å². The number of thiophene rings is 1. The molecule has 0 bridgehead atoms. The number of hydrogen-bond acceptors (Lipinski definition) is 8. The van der Waals surface area contributed by atoms with Crippen LogP contribution in [0.2, 0.25) is 5.02 Å². The van der Waals surface area contributed by atoms with Crippen molar-refractivity contribution in [3.63, 3.8) is 0 Å². The number of amides is 1. The summed E-state index contributed by atoms with van der Waals surface area (Å²) in [5, 5.41) is 4.20. The predicted octanol–water partition coefficient (Wildman–Crippen LogP) is 3.86. The third-order valence-electron chi connectivity index (χ3n) is 4.58. The van der Waals surface area contributed by atoms with Crippen molar-refractivity contribution in [2.24, 2.45) is 0 Å². The molecule has 0 radical (unpaired) electrons. The molecule has 172 valence electrons. The molecule has 0 unspecified atom stereocenters. The zero-order valence-corrected chi connectivity index (χ0v) is 19.8. The van der Waals surface area contributed by atoms with Gasteiger partial charge in [0, 0.05) is 21.8 Å².